The molecule has 0 atom stereocenters. The Labute approximate surface area is 130 Å². The maximum Gasteiger partial charge on any atom is 0.0629 e. The molecule has 0 saturated heterocycles. The summed E-state index contributed by atoms with van der Waals surface area (Å²) in [5.74, 6) is 0. The SMILES string of the molecule is C(=C/c1ccccn1)/c1ccc(/C=C\c2ccccn2)cc1. The van der Waals surface area contributed by atoms with E-state index in [0.29, 0.717) is 0 Å². The van der Waals surface area contributed by atoms with E-state index in [2.05, 4.69) is 46.4 Å². The highest BCUT2D eigenvalue weighted by molar-refractivity contribution is 5.71. The number of hydrogen-bond donors (Lipinski definition) is 0. The normalized spacial score (nSPS) is 11.3. The summed E-state index contributed by atoms with van der Waals surface area (Å²) in [5, 5.41) is 0. The Bertz CT molecular complexity index is 689. The molecule has 0 aliphatic rings. The number of nitrogens with zero attached hydrogens (tertiary/aromatic N) is 2. The zero-order valence-corrected chi connectivity index (χ0v) is 12.1. The summed E-state index contributed by atoms with van der Waals surface area (Å²) < 4.78 is 0. The number of benzene rings is 1. The Morgan fingerprint density at radius 3 is 1.32 bits per heavy atom. The highest BCUT2D eigenvalue weighted by atomic mass is 14.7. The standard InChI is InChI=1S/C20H16N2/c1-3-15-21-19(5-1)13-11-17-7-9-18(10-8-17)12-14-20-6-2-4-16-22-20/h1-16H/b13-11-,14-12-. The number of rotatable bonds is 4. The van der Waals surface area contributed by atoms with Gasteiger partial charge in [-0.25, -0.2) is 0 Å². The second-order valence-corrected chi connectivity index (χ2v) is 4.84. The predicted octanol–water partition coefficient (Wildman–Crippen LogP) is 4.82. The average Bonchev–Trinajstić information content (AvgIpc) is 2.61. The van der Waals surface area contributed by atoms with Gasteiger partial charge in [-0.2, -0.15) is 0 Å². The molecule has 2 heterocycles. The maximum absolute atomic E-state index is 4.27. The fourth-order valence-corrected chi connectivity index (χ4v) is 2.03. The van der Waals surface area contributed by atoms with Crippen LogP contribution in [0.15, 0.2) is 73.1 Å². The van der Waals surface area contributed by atoms with Gasteiger partial charge in [0.15, 0.2) is 0 Å². The van der Waals surface area contributed by atoms with Gasteiger partial charge >= 0.3 is 0 Å². The Balaban J connectivity index is 1.68. The van der Waals surface area contributed by atoms with Crippen LogP contribution >= 0.6 is 0 Å². The molecule has 2 heteroatoms. The lowest BCUT2D eigenvalue weighted by atomic mass is 10.1. The van der Waals surface area contributed by atoms with Gasteiger partial charge in [0, 0.05) is 12.4 Å². The molecule has 106 valence electrons. The first-order valence-electron chi connectivity index (χ1n) is 7.18. The molecule has 0 saturated carbocycles. The number of aromatic nitrogens is 2. The molecule has 3 rings (SSSR count). The summed E-state index contributed by atoms with van der Waals surface area (Å²) in [6.07, 6.45) is 11.7. The fraction of sp³-hybridized carbons (Fsp3) is 0. The lowest BCUT2D eigenvalue weighted by Crippen LogP contribution is -1.79. The third-order valence-electron chi connectivity index (χ3n) is 3.21. The first-order valence-corrected chi connectivity index (χ1v) is 7.18. The molecule has 0 amide bonds. The van der Waals surface area contributed by atoms with E-state index < -0.39 is 0 Å². The molecule has 0 aliphatic carbocycles. The lowest BCUT2D eigenvalue weighted by molar-refractivity contribution is 1.30. The van der Waals surface area contributed by atoms with Gasteiger partial charge in [-0.3, -0.25) is 9.97 Å². The number of pyridine rings is 2. The zero-order valence-electron chi connectivity index (χ0n) is 12.1. The van der Waals surface area contributed by atoms with Gasteiger partial charge in [-0.15, -0.1) is 0 Å². The van der Waals surface area contributed by atoms with Crippen molar-refractivity contribution < 1.29 is 0 Å². The third kappa shape index (κ3) is 4.00. The minimum Gasteiger partial charge on any atom is -0.257 e. The molecule has 1 aromatic carbocycles. The van der Waals surface area contributed by atoms with Crippen LogP contribution in [-0.4, -0.2) is 9.97 Å². The molecule has 0 bridgehead atoms. The van der Waals surface area contributed by atoms with Crippen molar-refractivity contribution >= 4 is 24.3 Å². The smallest absolute Gasteiger partial charge is 0.0629 e. The molecular formula is C20H16N2. The minimum atomic E-state index is 0.960. The van der Waals surface area contributed by atoms with Crippen LogP contribution in [-0.2, 0) is 0 Å². The quantitative estimate of drug-likeness (QED) is 0.686. The molecule has 0 fully saturated rings. The summed E-state index contributed by atoms with van der Waals surface area (Å²) in [4.78, 5) is 8.54. The summed E-state index contributed by atoms with van der Waals surface area (Å²) in [7, 11) is 0. The largest absolute Gasteiger partial charge is 0.257 e. The third-order valence-corrected chi connectivity index (χ3v) is 3.21. The minimum absolute atomic E-state index is 0.960. The predicted molar refractivity (Wildman–Crippen MR) is 92.8 cm³/mol. The van der Waals surface area contributed by atoms with E-state index in [4.69, 9.17) is 0 Å². The Morgan fingerprint density at radius 2 is 0.955 bits per heavy atom. The van der Waals surface area contributed by atoms with Gasteiger partial charge in [0.25, 0.3) is 0 Å². The van der Waals surface area contributed by atoms with Crippen LogP contribution < -0.4 is 0 Å². The van der Waals surface area contributed by atoms with Gasteiger partial charge in [0.05, 0.1) is 11.4 Å². The molecule has 0 spiro atoms. The van der Waals surface area contributed by atoms with Crippen LogP contribution in [0.25, 0.3) is 24.3 Å². The van der Waals surface area contributed by atoms with Gasteiger partial charge < -0.3 is 0 Å². The van der Waals surface area contributed by atoms with Gasteiger partial charge in [0.2, 0.25) is 0 Å². The van der Waals surface area contributed by atoms with Gasteiger partial charge in [-0.05, 0) is 47.5 Å². The van der Waals surface area contributed by atoms with Crippen LogP contribution in [0, 0.1) is 0 Å². The molecule has 0 radical (unpaired) electrons. The highest BCUT2D eigenvalue weighted by Crippen LogP contribution is 2.11. The van der Waals surface area contributed by atoms with Gasteiger partial charge in [-0.1, -0.05) is 48.6 Å². The van der Waals surface area contributed by atoms with Crippen molar-refractivity contribution in [2.45, 2.75) is 0 Å². The second kappa shape index (κ2) is 7.14. The van der Waals surface area contributed by atoms with Crippen molar-refractivity contribution in [1.29, 1.82) is 0 Å². The maximum atomic E-state index is 4.27. The van der Waals surface area contributed by atoms with E-state index in [0.717, 1.165) is 22.5 Å². The monoisotopic (exact) mass is 284 g/mol. The van der Waals surface area contributed by atoms with Crippen LogP contribution in [0.5, 0.6) is 0 Å². The van der Waals surface area contributed by atoms with E-state index in [1.54, 1.807) is 12.4 Å². The molecule has 3 aromatic rings. The van der Waals surface area contributed by atoms with Crippen molar-refractivity contribution in [3.63, 3.8) is 0 Å². The molecule has 0 N–H and O–H groups in total. The first-order chi connectivity index (χ1) is 10.9. The zero-order chi connectivity index (χ0) is 15.0. The Morgan fingerprint density at radius 1 is 0.500 bits per heavy atom. The van der Waals surface area contributed by atoms with E-state index in [9.17, 15) is 0 Å². The molecule has 2 nitrogen and oxygen atoms in total. The Hall–Kier alpha value is -3.00. The van der Waals surface area contributed by atoms with Crippen molar-refractivity contribution in [2.24, 2.45) is 0 Å². The lowest BCUT2D eigenvalue weighted by Gasteiger charge is -1.97. The highest BCUT2D eigenvalue weighted by Gasteiger charge is 1.91. The van der Waals surface area contributed by atoms with Crippen molar-refractivity contribution in [2.75, 3.05) is 0 Å². The van der Waals surface area contributed by atoms with Crippen LogP contribution in [0.4, 0.5) is 0 Å². The first kappa shape index (κ1) is 14.0. The topological polar surface area (TPSA) is 25.8 Å². The van der Waals surface area contributed by atoms with E-state index in [1.165, 1.54) is 0 Å². The molecular weight excluding hydrogens is 268 g/mol. The summed E-state index contributed by atoms with van der Waals surface area (Å²) in [6.45, 7) is 0. The van der Waals surface area contributed by atoms with Crippen LogP contribution in [0.1, 0.15) is 22.5 Å². The number of hydrogen-bond acceptors (Lipinski definition) is 2. The van der Waals surface area contributed by atoms with Crippen LogP contribution in [0.2, 0.25) is 0 Å². The second-order valence-electron chi connectivity index (χ2n) is 4.84. The molecule has 0 aliphatic heterocycles. The Kier molecular flexibility index (Phi) is 4.53. The van der Waals surface area contributed by atoms with Crippen molar-refractivity contribution in [1.82, 2.24) is 9.97 Å². The van der Waals surface area contributed by atoms with Gasteiger partial charge in [0.1, 0.15) is 0 Å². The fourth-order valence-electron chi connectivity index (χ4n) is 2.03. The molecule has 0 unspecified atom stereocenters. The van der Waals surface area contributed by atoms with E-state index in [1.807, 2.05) is 48.6 Å². The van der Waals surface area contributed by atoms with E-state index >= 15 is 0 Å². The molecule has 22 heavy (non-hydrogen) atoms. The van der Waals surface area contributed by atoms with Crippen molar-refractivity contribution in [3.05, 3.63) is 95.6 Å². The average molecular weight is 284 g/mol. The van der Waals surface area contributed by atoms with Crippen molar-refractivity contribution in [3.8, 4) is 0 Å². The molecule has 2 aromatic heterocycles. The summed E-state index contributed by atoms with van der Waals surface area (Å²) in [5.41, 5.74) is 4.23. The van der Waals surface area contributed by atoms with E-state index in [-0.39, 0.29) is 0 Å². The summed E-state index contributed by atoms with van der Waals surface area (Å²) in [6, 6.07) is 20.2. The van der Waals surface area contributed by atoms with Crippen LogP contribution in [0.3, 0.4) is 0 Å². The summed E-state index contributed by atoms with van der Waals surface area (Å²) >= 11 is 0.